The van der Waals surface area contributed by atoms with Gasteiger partial charge in [0.1, 0.15) is 0 Å². The zero-order valence-electron chi connectivity index (χ0n) is 12.0. The lowest BCUT2D eigenvalue weighted by Crippen LogP contribution is -2.42. The van der Waals surface area contributed by atoms with Crippen LogP contribution in [0.1, 0.15) is 36.0 Å². The summed E-state index contributed by atoms with van der Waals surface area (Å²) in [5, 5.41) is 2.88. The number of rotatable bonds is 3. The molecule has 1 aromatic rings. The molecular weight excluding hydrogens is 266 g/mol. The maximum atomic E-state index is 12.5. The van der Waals surface area contributed by atoms with E-state index in [0.29, 0.717) is 24.3 Å². The van der Waals surface area contributed by atoms with Crippen LogP contribution in [0, 0.1) is 5.92 Å². The molecule has 1 saturated heterocycles. The predicted molar refractivity (Wildman–Crippen MR) is 80.9 cm³/mol. The van der Waals surface area contributed by atoms with Gasteiger partial charge in [0.05, 0.1) is 0 Å². The number of anilines is 1. The van der Waals surface area contributed by atoms with Gasteiger partial charge in [0.25, 0.3) is 5.91 Å². The van der Waals surface area contributed by atoms with E-state index in [0.717, 1.165) is 25.7 Å². The van der Waals surface area contributed by atoms with Crippen LogP contribution in [0.2, 0.25) is 0 Å². The first-order chi connectivity index (χ1) is 10.1. The summed E-state index contributed by atoms with van der Waals surface area (Å²) in [5.41, 5.74) is 7.19. The van der Waals surface area contributed by atoms with Gasteiger partial charge in [-0.2, -0.15) is 0 Å². The van der Waals surface area contributed by atoms with Crippen molar-refractivity contribution >= 4 is 17.5 Å². The fourth-order valence-electron chi connectivity index (χ4n) is 2.60. The molecule has 2 fully saturated rings. The summed E-state index contributed by atoms with van der Waals surface area (Å²) in [6.45, 7) is 1.41. The van der Waals surface area contributed by atoms with Crippen molar-refractivity contribution in [1.29, 1.82) is 0 Å². The Hall–Kier alpha value is -1.88. The third-order valence-electron chi connectivity index (χ3n) is 4.15. The first-order valence-corrected chi connectivity index (χ1v) is 7.59. The molecule has 0 bridgehead atoms. The van der Waals surface area contributed by atoms with E-state index in [2.05, 4.69) is 5.32 Å². The molecule has 3 rings (SSSR count). The topological polar surface area (TPSA) is 75.4 Å². The van der Waals surface area contributed by atoms with E-state index in [1.165, 1.54) is 0 Å². The maximum absolute atomic E-state index is 12.5. The van der Waals surface area contributed by atoms with Crippen LogP contribution in [-0.4, -0.2) is 35.8 Å². The molecule has 3 N–H and O–H groups in total. The lowest BCUT2D eigenvalue weighted by Gasteiger charge is -2.30. The van der Waals surface area contributed by atoms with Crippen LogP contribution in [0.3, 0.4) is 0 Å². The number of piperidine rings is 1. The van der Waals surface area contributed by atoms with Gasteiger partial charge in [0, 0.05) is 36.3 Å². The molecule has 1 aliphatic heterocycles. The fourth-order valence-corrected chi connectivity index (χ4v) is 2.60. The molecule has 21 heavy (non-hydrogen) atoms. The first-order valence-electron chi connectivity index (χ1n) is 7.59. The van der Waals surface area contributed by atoms with Crippen molar-refractivity contribution in [3.05, 3.63) is 29.8 Å². The Balaban J connectivity index is 1.67. The standard InChI is InChI=1S/C16H21N3O2/c17-13-6-8-19(9-7-13)16(21)12-2-1-3-14(10-12)18-15(20)11-4-5-11/h1-3,10-11,13H,4-9,17H2,(H,18,20). The second kappa shape index (κ2) is 5.85. The molecule has 1 aromatic carbocycles. The molecule has 2 aliphatic rings. The summed E-state index contributed by atoms with van der Waals surface area (Å²) in [6.07, 6.45) is 3.64. The number of likely N-dealkylation sites (tertiary alicyclic amines) is 1. The highest BCUT2D eigenvalue weighted by Gasteiger charge is 2.29. The molecule has 0 atom stereocenters. The lowest BCUT2D eigenvalue weighted by molar-refractivity contribution is -0.117. The van der Waals surface area contributed by atoms with Crippen molar-refractivity contribution in [2.24, 2.45) is 11.7 Å². The van der Waals surface area contributed by atoms with E-state index in [9.17, 15) is 9.59 Å². The van der Waals surface area contributed by atoms with Crippen LogP contribution in [-0.2, 0) is 4.79 Å². The first kappa shape index (κ1) is 14.1. The lowest BCUT2D eigenvalue weighted by atomic mass is 10.0. The number of benzene rings is 1. The van der Waals surface area contributed by atoms with E-state index in [-0.39, 0.29) is 23.8 Å². The summed E-state index contributed by atoms with van der Waals surface area (Å²) < 4.78 is 0. The molecule has 5 nitrogen and oxygen atoms in total. The number of hydrogen-bond acceptors (Lipinski definition) is 3. The van der Waals surface area contributed by atoms with Gasteiger partial charge in [-0.1, -0.05) is 6.07 Å². The molecular formula is C16H21N3O2. The molecule has 0 aromatic heterocycles. The molecule has 1 heterocycles. The number of nitrogens with two attached hydrogens (primary N) is 1. The number of hydrogen-bond donors (Lipinski definition) is 2. The zero-order valence-corrected chi connectivity index (χ0v) is 12.0. The van der Waals surface area contributed by atoms with Gasteiger partial charge in [-0.25, -0.2) is 0 Å². The highest BCUT2D eigenvalue weighted by molar-refractivity contribution is 5.98. The van der Waals surface area contributed by atoms with Gasteiger partial charge in [-0.05, 0) is 43.9 Å². The van der Waals surface area contributed by atoms with E-state index < -0.39 is 0 Å². The molecule has 2 amide bonds. The Morgan fingerprint density at radius 3 is 2.52 bits per heavy atom. The van der Waals surface area contributed by atoms with Crippen LogP contribution in [0.4, 0.5) is 5.69 Å². The summed E-state index contributed by atoms with van der Waals surface area (Å²) in [4.78, 5) is 26.1. The van der Waals surface area contributed by atoms with Crippen molar-refractivity contribution in [3.63, 3.8) is 0 Å². The van der Waals surface area contributed by atoms with Gasteiger partial charge in [0.15, 0.2) is 0 Å². The molecule has 5 heteroatoms. The summed E-state index contributed by atoms with van der Waals surface area (Å²) in [6, 6.07) is 7.40. The molecule has 112 valence electrons. The normalized spacial score (nSPS) is 19.4. The number of nitrogens with one attached hydrogen (secondary N) is 1. The Bertz CT molecular complexity index is 546. The third kappa shape index (κ3) is 3.42. The Morgan fingerprint density at radius 1 is 1.14 bits per heavy atom. The zero-order chi connectivity index (χ0) is 14.8. The predicted octanol–water partition coefficient (Wildman–Crippen LogP) is 1.60. The van der Waals surface area contributed by atoms with Crippen molar-refractivity contribution in [1.82, 2.24) is 4.90 Å². The van der Waals surface area contributed by atoms with Crippen molar-refractivity contribution < 1.29 is 9.59 Å². The van der Waals surface area contributed by atoms with Gasteiger partial charge in [-0.3, -0.25) is 9.59 Å². The van der Waals surface area contributed by atoms with E-state index in [4.69, 9.17) is 5.73 Å². The molecule has 1 aliphatic carbocycles. The van der Waals surface area contributed by atoms with Crippen molar-refractivity contribution in [3.8, 4) is 0 Å². The fraction of sp³-hybridized carbons (Fsp3) is 0.500. The van der Waals surface area contributed by atoms with Gasteiger partial charge in [0.2, 0.25) is 5.91 Å². The molecule has 0 radical (unpaired) electrons. The highest BCUT2D eigenvalue weighted by atomic mass is 16.2. The maximum Gasteiger partial charge on any atom is 0.253 e. The van der Waals surface area contributed by atoms with Gasteiger partial charge < -0.3 is 16.0 Å². The minimum atomic E-state index is 0.0180. The largest absolute Gasteiger partial charge is 0.339 e. The Kier molecular flexibility index (Phi) is 3.92. The van der Waals surface area contributed by atoms with Gasteiger partial charge in [-0.15, -0.1) is 0 Å². The van der Waals surface area contributed by atoms with E-state index in [1.54, 1.807) is 12.1 Å². The van der Waals surface area contributed by atoms with Crippen LogP contribution >= 0.6 is 0 Å². The van der Waals surface area contributed by atoms with Crippen LogP contribution in [0.15, 0.2) is 24.3 Å². The molecule has 0 spiro atoms. The number of amides is 2. The summed E-state index contributed by atoms with van der Waals surface area (Å²) in [5.74, 6) is 0.237. The third-order valence-corrected chi connectivity index (χ3v) is 4.15. The van der Waals surface area contributed by atoms with Crippen LogP contribution in [0.5, 0.6) is 0 Å². The average molecular weight is 287 g/mol. The van der Waals surface area contributed by atoms with Crippen molar-refractivity contribution in [2.45, 2.75) is 31.7 Å². The number of nitrogens with zero attached hydrogens (tertiary/aromatic N) is 1. The van der Waals surface area contributed by atoms with Crippen molar-refractivity contribution in [2.75, 3.05) is 18.4 Å². The second-order valence-electron chi connectivity index (χ2n) is 5.97. The Morgan fingerprint density at radius 2 is 1.86 bits per heavy atom. The summed E-state index contributed by atoms with van der Waals surface area (Å²) in [7, 11) is 0. The smallest absolute Gasteiger partial charge is 0.253 e. The quantitative estimate of drug-likeness (QED) is 0.886. The minimum Gasteiger partial charge on any atom is -0.339 e. The van der Waals surface area contributed by atoms with E-state index >= 15 is 0 Å². The number of carbonyl (C=O) groups is 2. The van der Waals surface area contributed by atoms with Gasteiger partial charge >= 0.3 is 0 Å². The number of carbonyl (C=O) groups excluding carboxylic acids is 2. The highest BCUT2D eigenvalue weighted by Crippen LogP contribution is 2.30. The minimum absolute atomic E-state index is 0.0180. The molecule has 1 saturated carbocycles. The Labute approximate surface area is 124 Å². The molecule has 0 unspecified atom stereocenters. The second-order valence-corrected chi connectivity index (χ2v) is 5.97. The SMILES string of the molecule is NC1CCN(C(=O)c2cccc(NC(=O)C3CC3)c2)CC1. The van der Waals surface area contributed by atoms with Crippen LogP contribution in [0.25, 0.3) is 0 Å². The monoisotopic (exact) mass is 287 g/mol. The van der Waals surface area contributed by atoms with E-state index in [1.807, 2.05) is 17.0 Å². The van der Waals surface area contributed by atoms with Crippen LogP contribution < -0.4 is 11.1 Å². The average Bonchev–Trinajstić information content (AvgIpc) is 3.32. The summed E-state index contributed by atoms with van der Waals surface area (Å²) >= 11 is 0.